The molecule has 0 unspecified atom stereocenters. The molecule has 0 aliphatic heterocycles. The maximum Gasteiger partial charge on any atom is 0.407 e. The number of carbonyl (C=O) groups excluding carboxylic acids is 1. The monoisotopic (exact) mass is 327 g/mol. The van der Waals surface area contributed by atoms with Gasteiger partial charge in [-0.25, -0.2) is 4.79 Å². The Kier molecular flexibility index (Phi) is 6.71. The number of hydrogen-bond donors (Lipinski definition) is 1. The first-order valence-corrected chi connectivity index (χ1v) is 7.55. The number of benzene rings is 2. The number of nitrogens with one attached hydrogen (secondary N) is 1. The molecule has 0 aromatic heterocycles. The average molecular weight is 327 g/mol. The molecule has 0 saturated carbocycles. The zero-order chi connectivity index (χ0) is 17.2. The standard InChI is InChI=1S/C19H21NO4/c1-22-17-9-5-15(6-10-17)4-3-13-20-19(21)24-14-16-7-11-18(23-2)12-8-16/h3-12H,13-14H2,1-2H3,(H,20,21)/b4-3+. The van der Waals surface area contributed by atoms with E-state index < -0.39 is 6.09 Å². The summed E-state index contributed by atoms with van der Waals surface area (Å²) in [6.45, 7) is 0.617. The zero-order valence-corrected chi connectivity index (χ0v) is 13.8. The second kappa shape index (κ2) is 9.25. The SMILES string of the molecule is COc1ccc(/C=C/CNC(=O)OCc2ccc(OC)cc2)cc1. The van der Waals surface area contributed by atoms with E-state index >= 15 is 0 Å². The van der Waals surface area contributed by atoms with E-state index in [1.54, 1.807) is 14.2 Å². The molecule has 0 spiro atoms. The Morgan fingerprint density at radius 2 is 1.54 bits per heavy atom. The van der Waals surface area contributed by atoms with E-state index in [9.17, 15) is 4.79 Å². The van der Waals surface area contributed by atoms with Crippen LogP contribution in [0.25, 0.3) is 6.08 Å². The number of hydrogen-bond acceptors (Lipinski definition) is 4. The third-order valence-electron chi connectivity index (χ3n) is 3.32. The minimum absolute atomic E-state index is 0.220. The largest absolute Gasteiger partial charge is 0.497 e. The summed E-state index contributed by atoms with van der Waals surface area (Å²) in [5, 5.41) is 2.67. The molecule has 0 fully saturated rings. The summed E-state index contributed by atoms with van der Waals surface area (Å²) < 4.78 is 15.3. The number of rotatable bonds is 7. The number of ether oxygens (including phenoxy) is 3. The van der Waals surface area contributed by atoms with Gasteiger partial charge in [-0.1, -0.05) is 36.4 Å². The summed E-state index contributed by atoms with van der Waals surface area (Å²) in [4.78, 5) is 11.6. The van der Waals surface area contributed by atoms with Crippen LogP contribution in [0.15, 0.2) is 54.6 Å². The van der Waals surface area contributed by atoms with Crippen molar-refractivity contribution in [3.8, 4) is 11.5 Å². The lowest BCUT2D eigenvalue weighted by molar-refractivity contribution is 0.140. The quantitative estimate of drug-likeness (QED) is 0.843. The lowest BCUT2D eigenvalue weighted by Crippen LogP contribution is -2.24. The van der Waals surface area contributed by atoms with Gasteiger partial charge in [0.25, 0.3) is 0 Å². The molecule has 126 valence electrons. The van der Waals surface area contributed by atoms with Gasteiger partial charge in [-0.05, 0) is 35.4 Å². The Hall–Kier alpha value is -2.95. The lowest BCUT2D eigenvalue weighted by Gasteiger charge is -2.06. The smallest absolute Gasteiger partial charge is 0.407 e. The van der Waals surface area contributed by atoms with E-state index in [1.807, 2.05) is 60.7 Å². The molecule has 24 heavy (non-hydrogen) atoms. The fourth-order valence-corrected chi connectivity index (χ4v) is 1.97. The molecule has 2 aromatic carbocycles. The number of alkyl carbamates (subject to hydrolysis) is 1. The average Bonchev–Trinajstić information content (AvgIpc) is 2.64. The molecule has 5 nitrogen and oxygen atoms in total. The first kappa shape index (κ1) is 17.4. The van der Waals surface area contributed by atoms with Crippen LogP contribution in [0.2, 0.25) is 0 Å². The van der Waals surface area contributed by atoms with Crippen LogP contribution in [0.3, 0.4) is 0 Å². The minimum Gasteiger partial charge on any atom is -0.497 e. The van der Waals surface area contributed by atoms with Crippen molar-refractivity contribution in [1.29, 1.82) is 0 Å². The first-order valence-electron chi connectivity index (χ1n) is 7.55. The van der Waals surface area contributed by atoms with Crippen molar-refractivity contribution >= 4 is 12.2 Å². The van der Waals surface area contributed by atoms with Gasteiger partial charge in [0.2, 0.25) is 0 Å². The minimum atomic E-state index is -0.454. The van der Waals surface area contributed by atoms with Gasteiger partial charge >= 0.3 is 6.09 Å². The molecule has 0 heterocycles. The lowest BCUT2D eigenvalue weighted by atomic mass is 10.2. The molecule has 0 radical (unpaired) electrons. The van der Waals surface area contributed by atoms with Crippen molar-refractivity contribution in [1.82, 2.24) is 5.32 Å². The number of amides is 1. The van der Waals surface area contributed by atoms with Gasteiger partial charge in [0.15, 0.2) is 0 Å². The summed E-state index contributed by atoms with van der Waals surface area (Å²) in [6, 6.07) is 15.0. The summed E-state index contributed by atoms with van der Waals surface area (Å²) in [5.74, 6) is 1.58. The van der Waals surface area contributed by atoms with Crippen LogP contribution in [0, 0.1) is 0 Å². The highest BCUT2D eigenvalue weighted by Crippen LogP contribution is 2.13. The van der Waals surface area contributed by atoms with E-state index in [1.165, 1.54) is 0 Å². The van der Waals surface area contributed by atoms with Crippen LogP contribution in [-0.4, -0.2) is 26.9 Å². The highest BCUT2D eigenvalue weighted by Gasteiger charge is 2.01. The molecular formula is C19H21NO4. The predicted molar refractivity (Wildman–Crippen MR) is 93.2 cm³/mol. The summed E-state index contributed by atoms with van der Waals surface area (Å²) in [6.07, 6.45) is 3.32. The molecule has 2 aromatic rings. The molecule has 5 heteroatoms. The van der Waals surface area contributed by atoms with Crippen molar-refractivity contribution in [2.24, 2.45) is 0 Å². The van der Waals surface area contributed by atoms with Crippen LogP contribution in [0.1, 0.15) is 11.1 Å². The Labute approximate surface area is 141 Å². The summed E-state index contributed by atoms with van der Waals surface area (Å²) in [5.41, 5.74) is 1.93. The predicted octanol–water partition coefficient (Wildman–Crippen LogP) is 3.64. The van der Waals surface area contributed by atoms with Crippen LogP contribution in [0.5, 0.6) is 11.5 Å². The molecule has 0 aliphatic carbocycles. The van der Waals surface area contributed by atoms with Crippen LogP contribution in [-0.2, 0) is 11.3 Å². The van der Waals surface area contributed by atoms with E-state index in [0.717, 1.165) is 22.6 Å². The second-order valence-electron chi connectivity index (χ2n) is 4.98. The summed E-state index contributed by atoms with van der Waals surface area (Å²) >= 11 is 0. The van der Waals surface area contributed by atoms with E-state index in [4.69, 9.17) is 14.2 Å². The zero-order valence-electron chi connectivity index (χ0n) is 13.8. The normalized spacial score (nSPS) is 10.4. The van der Waals surface area contributed by atoms with Gasteiger partial charge in [0.1, 0.15) is 18.1 Å². The second-order valence-corrected chi connectivity index (χ2v) is 4.98. The first-order chi connectivity index (χ1) is 11.7. The maximum absolute atomic E-state index is 11.6. The molecule has 0 bridgehead atoms. The van der Waals surface area contributed by atoms with Gasteiger partial charge in [-0.3, -0.25) is 0 Å². The highest BCUT2D eigenvalue weighted by molar-refractivity contribution is 5.67. The highest BCUT2D eigenvalue weighted by atomic mass is 16.5. The Bertz CT molecular complexity index is 663. The fraction of sp³-hybridized carbons (Fsp3) is 0.211. The third kappa shape index (κ3) is 5.68. The maximum atomic E-state index is 11.6. The topological polar surface area (TPSA) is 56.8 Å². The van der Waals surface area contributed by atoms with Crippen molar-refractivity contribution in [2.45, 2.75) is 6.61 Å². The molecule has 1 N–H and O–H groups in total. The third-order valence-corrected chi connectivity index (χ3v) is 3.32. The van der Waals surface area contributed by atoms with Crippen molar-refractivity contribution in [2.75, 3.05) is 20.8 Å². The molecular weight excluding hydrogens is 306 g/mol. The van der Waals surface area contributed by atoms with Crippen molar-refractivity contribution < 1.29 is 19.0 Å². The van der Waals surface area contributed by atoms with Crippen molar-refractivity contribution in [3.05, 3.63) is 65.7 Å². The van der Waals surface area contributed by atoms with Gasteiger partial charge in [-0.15, -0.1) is 0 Å². The van der Waals surface area contributed by atoms with Gasteiger partial charge < -0.3 is 19.5 Å². The Morgan fingerprint density at radius 1 is 0.958 bits per heavy atom. The summed E-state index contributed by atoms with van der Waals surface area (Å²) in [7, 11) is 3.24. The molecule has 0 aliphatic rings. The fourth-order valence-electron chi connectivity index (χ4n) is 1.97. The number of methoxy groups -OCH3 is 2. The molecule has 0 atom stereocenters. The van der Waals surface area contributed by atoms with Gasteiger partial charge in [-0.2, -0.15) is 0 Å². The molecule has 2 rings (SSSR count). The Morgan fingerprint density at radius 3 is 2.12 bits per heavy atom. The molecule has 0 saturated heterocycles. The van der Waals surface area contributed by atoms with Gasteiger partial charge in [0.05, 0.1) is 14.2 Å². The van der Waals surface area contributed by atoms with Crippen molar-refractivity contribution in [3.63, 3.8) is 0 Å². The van der Waals surface area contributed by atoms with Crippen LogP contribution in [0.4, 0.5) is 4.79 Å². The van der Waals surface area contributed by atoms with Crippen LogP contribution >= 0.6 is 0 Å². The molecule has 1 amide bonds. The number of carbonyl (C=O) groups is 1. The van der Waals surface area contributed by atoms with E-state index in [-0.39, 0.29) is 6.61 Å². The Balaban J connectivity index is 1.69. The van der Waals surface area contributed by atoms with Gasteiger partial charge in [0, 0.05) is 6.54 Å². The van der Waals surface area contributed by atoms with Crippen LogP contribution < -0.4 is 14.8 Å². The van der Waals surface area contributed by atoms with E-state index in [0.29, 0.717) is 6.54 Å². The van der Waals surface area contributed by atoms with E-state index in [2.05, 4.69) is 5.32 Å².